The highest BCUT2D eigenvalue weighted by atomic mass is 32.2. The number of aryl methyl sites for hydroxylation is 1. The van der Waals surface area contributed by atoms with Gasteiger partial charge >= 0.3 is 0 Å². The minimum Gasteiger partial charge on any atom is -0.477 e. The maximum atomic E-state index is 10.6. The topological polar surface area (TPSA) is 56.3 Å². The summed E-state index contributed by atoms with van der Waals surface area (Å²) < 4.78 is 26.5. The van der Waals surface area contributed by atoms with Crippen LogP contribution in [0.4, 0.5) is 0 Å². The van der Waals surface area contributed by atoms with Gasteiger partial charge in [0.15, 0.2) is 10.7 Å². The van der Waals surface area contributed by atoms with Gasteiger partial charge in [-0.2, -0.15) is 0 Å². The molecule has 1 aromatic heterocycles. The first-order chi connectivity index (χ1) is 6.27. The van der Waals surface area contributed by atoms with E-state index in [1.165, 1.54) is 6.20 Å². The second-order valence-corrected chi connectivity index (χ2v) is 3.90. The maximum absolute atomic E-state index is 10.6. The van der Waals surface area contributed by atoms with Crippen LogP contribution < -0.4 is 4.74 Å². The molecule has 0 saturated heterocycles. The quantitative estimate of drug-likeness (QED) is 0.664. The standard InChI is InChI=1S/C8H9NO3S/c10-13(11)7-4-6-2-1-3-12-8(6)9-5-7/h4-5,13H,1-3H2. The second kappa shape index (κ2) is 3.33. The number of thiol groups is 1. The van der Waals surface area contributed by atoms with Crippen molar-refractivity contribution in [3.8, 4) is 5.88 Å². The highest BCUT2D eigenvalue weighted by Gasteiger charge is 2.12. The number of pyridine rings is 1. The fourth-order valence-electron chi connectivity index (χ4n) is 1.33. The summed E-state index contributed by atoms with van der Waals surface area (Å²) in [6.45, 7) is 0.670. The molecular weight excluding hydrogens is 190 g/mol. The Bertz CT molecular complexity index is 392. The molecule has 1 aliphatic heterocycles. The number of aromatic nitrogens is 1. The molecule has 0 amide bonds. The van der Waals surface area contributed by atoms with Crippen LogP contribution in [0.3, 0.4) is 0 Å². The zero-order valence-corrected chi connectivity index (χ0v) is 7.79. The Morgan fingerprint density at radius 2 is 2.31 bits per heavy atom. The number of fused-ring (bicyclic) bond motifs is 1. The van der Waals surface area contributed by atoms with E-state index >= 15 is 0 Å². The highest BCUT2D eigenvalue weighted by molar-refractivity contribution is 7.72. The van der Waals surface area contributed by atoms with Crippen LogP contribution in [0, 0.1) is 0 Å². The average molecular weight is 199 g/mol. The number of ether oxygens (including phenoxy) is 1. The van der Waals surface area contributed by atoms with Crippen molar-refractivity contribution in [1.82, 2.24) is 4.98 Å². The van der Waals surface area contributed by atoms with Crippen molar-refractivity contribution < 1.29 is 13.2 Å². The lowest BCUT2D eigenvalue weighted by atomic mass is 10.1. The molecule has 0 N–H and O–H groups in total. The van der Waals surface area contributed by atoms with Crippen LogP contribution in [-0.2, 0) is 17.1 Å². The Morgan fingerprint density at radius 3 is 3.08 bits per heavy atom. The van der Waals surface area contributed by atoms with E-state index in [1.807, 2.05) is 0 Å². The van der Waals surface area contributed by atoms with Crippen LogP contribution in [0.15, 0.2) is 17.2 Å². The molecule has 0 radical (unpaired) electrons. The second-order valence-electron chi connectivity index (χ2n) is 2.87. The van der Waals surface area contributed by atoms with Crippen molar-refractivity contribution in [2.45, 2.75) is 17.7 Å². The molecule has 0 fully saturated rings. The van der Waals surface area contributed by atoms with Gasteiger partial charge in [0, 0.05) is 11.8 Å². The van der Waals surface area contributed by atoms with Crippen LogP contribution >= 0.6 is 0 Å². The third kappa shape index (κ3) is 1.65. The van der Waals surface area contributed by atoms with Gasteiger partial charge in [0.25, 0.3) is 0 Å². The minimum atomic E-state index is -2.53. The Hall–Kier alpha value is -1.10. The van der Waals surface area contributed by atoms with Gasteiger partial charge in [0.05, 0.1) is 11.5 Å². The van der Waals surface area contributed by atoms with Gasteiger partial charge in [-0.05, 0) is 18.9 Å². The fourth-order valence-corrected chi connectivity index (χ4v) is 1.74. The van der Waals surface area contributed by atoms with Gasteiger partial charge in [-0.15, -0.1) is 0 Å². The molecule has 70 valence electrons. The molecule has 2 rings (SSSR count). The van der Waals surface area contributed by atoms with Gasteiger partial charge in [0.1, 0.15) is 0 Å². The SMILES string of the molecule is O=[SH](=O)c1cnc2c(c1)CCCO2. The molecule has 0 atom stereocenters. The molecule has 0 aromatic carbocycles. The smallest absolute Gasteiger partial charge is 0.216 e. The summed E-state index contributed by atoms with van der Waals surface area (Å²) in [4.78, 5) is 4.20. The van der Waals surface area contributed by atoms with E-state index in [-0.39, 0.29) is 4.90 Å². The first kappa shape index (κ1) is 8.50. The predicted octanol–water partition coefficient (Wildman–Crippen LogP) is 0.377. The monoisotopic (exact) mass is 199 g/mol. The maximum Gasteiger partial charge on any atom is 0.216 e. The normalized spacial score (nSPS) is 15.2. The molecule has 0 spiro atoms. The van der Waals surface area contributed by atoms with Gasteiger partial charge in [0.2, 0.25) is 5.88 Å². The lowest BCUT2D eigenvalue weighted by molar-refractivity contribution is 0.275. The summed E-state index contributed by atoms with van der Waals surface area (Å²) >= 11 is 0. The van der Waals surface area contributed by atoms with Gasteiger partial charge in [-0.25, -0.2) is 13.4 Å². The Morgan fingerprint density at radius 1 is 1.46 bits per heavy atom. The summed E-state index contributed by atoms with van der Waals surface area (Å²) in [5.41, 5.74) is 0.892. The van der Waals surface area contributed by atoms with E-state index in [4.69, 9.17) is 4.74 Å². The molecule has 5 heteroatoms. The molecule has 0 unspecified atom stereocenters. The van der Waals surface area contributed by atoms with Crippen LogP contribution in [0.1, 0.15) is 12.0 Å². The van der Waals surface area contributed by atoms with E-state index in [1.54, 1.807) is 6.07 Å². The number of hydrogen-bond donors (Lipinski definition) is 1. The lowest BCUT2D eigenvalue weighted by Gasteiger charge is -2.15. The molecule has 1 aromatic rings. The van der Waals surface area contributed by atoms with E-state index in [9.17, 15) is 8.42 Å². The van der Waals surface area contributed by atoms with E-state index < -0.39 is 10.7 Å². The number of hydrogen-bond acceptors (Lipinski definition) is 4. The third-order valence-electron chi connectivity index (χ3n) is 1.95. The van der Waals surface area contributed by atoms with Crippen molar-refractivity contribution in [1.29, 1.82) is 0 Å². The summed E-state index contributed by atoms with van der Waals surface area (Å²) in [6.07, 6.45) is 3.10. The van der Waals surface area contributed by atoms with E-state index in [0.29, 0.717) is 12.5 Å². The largest absolute Gasteiger partial charge is 0.477 e. The van der Waals surface area contributed by atoms with E-state index in [2.05, 4.69) is 4.98 Å². The van der Waals surface area contributed by atoms with Crippen molar-refractivity contribution >= 4 is 10.7 Å². The van der Waals surface area contributed by atoms with Gasteiger partial charge in [-0.1, -0.05) is 0 Å². The highest BCUT2D eigenvalue weighted by Crippen LogP contribution is 2.22. The average Bonchev–Trinajstić information content (AvgIpc) is 2.17. The summed E-state index contributed by atoms with van der Waals surface area (Å²) in [7, 11) is -2.53. The molecule has 4 nitrogen and oxygen atoms in total. The molecule has 13 heavy (non-hydrogen) atoms. The van der Waals surface area contributed by atoms with E-state index in [0.717, 1.165) is 18.4 Å². The predicted molar refractivity (Wildman–Crippen MR) is 46.6 cm³/mol. The van der Waals surface area contributed by atoms with Gasteiger partial charge < -0.3 is 4.74 Å². The van der Waals surface area contributed by atoms with Crippen LogP contribution in [0.2, 0.25) is 0 Å². The Balaban J connectivity index is 2.46. The van der Waals surface area contributed by atoms with Crippen molar-refractivity contribution in [3.63, 3.8) is 0 Å². The van der Waals surface area contributed by atoms with Crippen LogP contribution in [0.25, 0.3) is 0 Å². The summed E-state index contributed by atoms with van der Waals surface area (Å²) in [5.74, 6) is 0.576. The summed E-state index contributed by atoms with van der Waals surface area (Å²) in [5, 5.41) is 0. The third-order valence-corrected chi connectivity index (χ3v) is 2.62. The van der Waals surface area contributed by atoms with Crippen molar-refractivity contribution in [2.75, 3.05) is 6.61 Å². The van der Waals surface area contributed by atoms with Crippen molar-refractivity contribution in [2.24, 2.45) is 0 Å². The molecule has 0 aliphatic carbocycles. The van der Waals surface area contributed by atoms with Crippen LogP contribution in [-0.4, -0.2) is 20.0 Å². The molecule has 0 bridgehead atoms. The van der Waals surface area contributed by atoms with Gasteiger partial charge in [-0.3, -0.25) is 0 Å². The zero-order valence-electron chi connectivity index (χ0n) is 6.90. The Labute approximate surface area is 77.5 Å². The van der Waals surface area contributed by atoms with Crippen molar-refractivity contribution in [3.05, 3.63) is 17.8 Å². The first-order valence-electron chi connectivity index (χ1n) is 4.03. The number of rotatable bonds is 1. The molecule has 0 saturated carbocycles. The molecular formula is C8H9NO3S. The minimum absolute atomic E-state index is 0.263. The fraction of sp³-hybridized carbons (Fsp3) is 0.375. The first-order valence-corrected chi connectivity index (χ1v) is 5.21. The number of nitrogens with zero attached hydrogens (tertiary/aromatic N) is 1. The van der Waals surface area contributed by atoms with Crippen LogP contribution in [0.5, 0.6) is 5.88 Å². The Kier molecular flexibility index (Phi) is 2.18. The lowest BCUT2D eigenvalue weighted by Crippen LogP contribution is -2.10. The zero-order chi connectivity index (χ0) is 9.26. The summed E-state index contributed by atoms with van der Waals surface area (Å²) in [6, 6.07) is 1.63. The molecule has 1 aliphatic rings. The molecule has 2 heterocycles.